The van der Waals surface area contributed by atoms with Crippen LogP contribution in [0.2, 0.25) is 0 Å². The van der Waals surface area contributed by atoms with Gasteiger partial charge in [-0.1, -0.05) is 24.3 Å². The molecule has 96 valence electrons. The van der Waals surface area contributed by atoms with Crippen molar-refractivity contribution in [3.05, 3.63) is 59.7 Å². The maximum atomic E-state index is 11.3. The average molecular weight is 255 g/mol. The van der Waals surface area contributed by atoms with Crippen LogP contribution in [-0.2, 0) is 4.79 Å². The monoisotopic (exact) mass is 255 g/mol. The minimum Gasteiger partial charge on any atom is -0.508 e. The van der Waals surface area contributed by atoms with Crippen LogP contribution < -0.4 is 5.73 Å². The second kappa shape index (κ2) is 5.27. The van der Waals surface area contributed by atoms with Gasteiger partial charge in [-0.25, -0.2) is 4.79 Å². The van der Waals surface area contributed by atoms with E-state index in [-0.39, 0.29) is 11.3 Å². The van der Waals surface area contributed by atoms with Crippen molar-refractivity contribution in [2.75, 3.05) is 5.73 Å². The van der Waals surface area contributed by atoms with Crippen molar-refractivity contribution in [3.63, 3.8) is 0 Å². The van der Waals surface area contributed by atoms with Gasteiger partial charge in [0, 0.05) is 5.69 Å². The summed E-state index contributed by atoms with van der Waals surface area (Å²) in [6.45, 7) is 0. The third-order valence-corrected chi connectivity index (χ3v) is 2.66. The van der Waals surface area contributed by atoms with E-state index in [4.69, 9.17) is 5.73 Å². The highest BCUT2D eigenvalue weighted by atomic mass is 16.4. The maximum absolute atomic E-state index is 11.3. The number of aliphatic carboxylic acids is 1. The Morgan fingerprint density at radius 1 is 1.00 bits per heavy atom. The Bertz CT molecular complexity index is 613. The number of anilines is 1. The molecule has 2 rings (SSSR count). The molecular formula is C15H13NO3. The summed E-state index contributed by atoms with van der Waals surface area (Å²) < 4.78 is 0. The Morgan fingerprint density at radius 2 is 1.58 bits per heavy atom. The number of phenols is 1. The number of nitrogens with two attached hydrogens (primary N) is 1. The number of phenolic OH excluding ortho intramolecular Hbond substituents is 1. The first-order chi connectivity index (χ1) is 9.06. The highest BCUT2D eigenvalue weighted by Gasteiger charge is 2.10. The molecule has 2 aromatic rings. The van der Waals surface area contributed by atoms with E-state index >= 15 is 0 Å². The molecule has 0 aromatic heterocycles. The van der Waals surface area contributed by atoms with Gasteiger partial charge < -0.3 is 15.9 Å². The van der Waals surface area contributed by atoms with E-state index < -0.39 is 5.97 Å². The van der Waals surface area contributed by atoms with E-state index in [0.717, 1.165) is 0 Å². The lowest BCUT2D eigenvalue weighted by Gasteiger charge is -2.04. The molecule has 0 spiro atoms. The van der Waals surface area contributed by atoms with E-state index in [1.165, 1.54) is 12.1 Å². The summed E-state index contributed by atoms with van der Waals surface area (Å²) >= 11 is 0. The van der Waals surface area contributed by atoms with E-state index in [1.54, 1.807) is 42.5 Å². The Morgan fingerprint density at radius 3 is 2.11 bits per heavy atom. The SMILES string of the molecule is Nc1ccc(/C(=C/c2ccc(O)cc2)C(=O)O)cc1. The second-order valence-electron chi connectivity index (χ2n) is 4.08. The van der Waals surface area contributed by atoms with Crippen LogP contribution in [0.15, 0.2) is 48.5 Å². The topological polar surface area (TPSA) is 83.5 Å². The molecule has 0 radical (unpaired) electrons. The zero-order valence-corrected chi connectivity index (χ0v) is 10.1. The average Bonchev–Trinajstić information content (AvgIpc) is 2.39. The van der Waals surface area contributed by atoms with Crippen molar-refractivity contribution in [1.82, 2.24) is 0 Å². The summed E-state index contributed by atoms with van der Waals surface area (Å²) in [5.74, 6) is -0.876. The van der Waals surface area contributed by atoms with Crippen LogP contribution >= 0.6 is 0 Å². The summed E-state index contributed by atoms with van der Waals surface area (Å²) in [5.41, 5.74) is 7.61. The molecule has 4 N–H and O–H groups in total. The van der Waals surface area contributed by atoms with E-state index in [0.29, 0.717) is 16.8 Å². The van der Waals surface area contributed by atoms with Crippen molar-refractivity contribution < 1.29 is 15.0 Å². The normalized spacial score (nSPS) is 11.3. The summed E-state index contributed by atoms with van der Waals surface area (Å²) in [6, 6.07) is 12.9. The highest BCUT2D eigenvalue weighted by Crippen LogP contribution is 2.21. The Labute approximate surface area is 110 Å². The molecule has 4 heteroatoms. The number of carboxylic acid groups (broad SMARTS) is 1. The number of aromatic hydroxyl groups is 1. The van der Waals surface area contributed by atoms with Gasteiger partial charge in [-0.05, 0) is 41.5 Å². The van der Waals surface area contributed by atoms with Crippen molar-refractivity contribution in [2.45, 2.75) is 0 Å². The first kappa shape index (κ1) is 12.7. The molecular weight excluding hydrogens is 242 g/mol. The van der Waals surface area contributed by atoms with Crippen molar-refractivity contribution in [2.24, 2.45) is 0 Å². The van der Waals surface area contributed by atoms with Crippen molar-refractivity contribution in [3.8, 4) is 5.75 Å². The first-order valence-electron chi connectivity index (χ1n) is 5.66. The quantitative estimate of drug-likeness (QED) is 0.447. The summed E-state index contributed by atoms with van der Waals surface area (Å²) in [5, 5.41) is 18.5. The van der Waals surface area contributed by atoms with Crippen LogP contribution in [-0.4, -0.2) is 16.2 Å². The molecule has 0 atom stereocenters. The fraction of sp³-hybridized carbons (Fsp3) is 0. The first-order valence-corrected chi connectivity index (χ1v) is 5.66. The second-order valence-corrected chi connectivity index (χ2v) is 4.08. The van der Waals surface area contributed by atoms with E-state index in [9.17, 15) is 15.0 Å². The summed E-state index contributed by atoms with van der Waals surface area (Å²) in [7, 11) is 0. The van der Waals surface area contributed by atoms with Gasteiger partial charge >= 0.3 is 5.97 Å². The van der Waals surface area contributed by atoms with Gasteiger partial charge in [0.25, 0.3) is 0 Å². The van der Waals surface area contributed by atoms with Gasteiger partial charge in [0.05, 0.1) is 5.57 Å². The lowest BCUT2D eigenvalue weighted by Crippen LogP contribution is -1.99. The number of carboxylic acids is 1. The Kier molecular flexibility index (Phi) is 3.52. The molecule has 4 nitrogen and oxygen atoms in total. The van der Waals surface area contributed by atoms with Crippen LogP contribution in [0.5, 0.6) is 5.75 Å². The van der Waals surface area contributed by atoms with Gasteiger partial charge in [0.15, 0.2) is 0 Å². The summed E-state index contributed by atoms with van der Waals surface area (Å²) in [4.78, 5) is 11.3. The van der Waals surface area contributed by atoms with E-state index in [1.807, 2.05) is 0 Å². The minimum atomic E-state index is -1.02. The maximum Gasteiger partial charge on any atom is 0.336 e. The molecule has 0 aliphatic carbocycles. The standard InChI is InChI=1S/C15H13NO3/c16-12-5-3-11(4-6-12)14(15(18)19)9-10-1-7-13(17)8-2-10/h1-9,17H,16H2,(H,18,19)/b14-9-. The number of carbonyl (C=O) groups is 1. The number of rotatable bonds is 3. The van der Waals surface area contributed by atoms with Crippen LogP contribution in [0.25, 0.3) is 11.6 Å². The largest absolute Gasteiger partial charge is 0.508 e. The number of hydrogen-bond donors (Lipinski definition) is 3. The lowest BCUT2D eigenvalue weighted by molar-refractivity contribution is -0.130. The van der Waals surface area contributed by atoms with Gasteiger partial charge in [-0.15, -0.1) is 0 Å². The minimum absolute atomic E-state index is 0.140. The van der Waals surface area contributed by atoms with Gasteiger partial charge in [-0.3, -0.25) is 0 Å². The predicted octanol–water partition coefficient (Wildman–Crippen LogP) is 2.60. The van der Waals surface area contributed by atoms with Gasteiger partial charge in [-0.2, -0.15) is 0 Å². The molecule has 2 aromatic carbocycles. The Hall–Kier alpha value is -2.75. The molecule has 0 fully saturated rings. The fourth-order valence-corrected chi connectivity index (χ4v) is 1.67. The molecule has 0 saturated heterocycles. The number of hydrogen-bond acceptors (Lipinski definition) is 3. The summed E-state index contributed by atoms with van der Waals surface area (Å²) in [6.07, 6.45) is 1.55. The number of benzene rings is 2. The van der Waals surface area contributed by atoms with Crippen molar-refractivity contribution in [1.29, 1.82) is 0 Å². The highest BCUT2D eigenvalue weighted by molar-refractivity contribution is 6.20. The molecule has 19 heavy (non-hydrogen) atoms. The zero-order valence-electron chi connectivity index (χ0n) is 10.1. The molecule has 0 saturated carbocycles. The molecule has 0 amide bonds. The zero-order chi connectivity index (χ0) is 13.8. The van der Waals surface area contributed by atoms with Crippen LogP contribution in [0.3, 0.4) is 0 Å². The number of nitrogen functional groups attached to an aromatic ring is 1. The smallest absolute Gasteiger partial charge is 0.336 e. The molecule has 0 bridgehead atoms. The molecule has 0 aliphatic rings. The van der Waals surface area contributed by atoms with Crippen LogP contribution in [0.4, 0.5) is 5.69 Å². The lowest BCUT2D eigenvalue weighted by atomic mass is 10.0. The third kappa shape index (κ3) is 3.13. The molecule has 0 heterocycles. The molecule has 0 unspecified atom stereocenters. The van der Waals surface area contributed by atoms with Crippen LogP contribution in [0, 0.1) is 0 Å². The van der Waals surface area contributed by atoms with Crippen LogP contribution in [0.1, 0.15) is 11.1 Å². The predicted molar refractivity (Wildman–Crippen MR) is 74.5 cm³/mol. The Balaban J connectivity index is 2.43. The fourth-order valence-electron chi connectivity index (χ4n) is 1.67. The van der Waals surface area contributed by atoms with E-state index in [2.05, 4.69) is 0 Å². The van der Waals surface area contributed by atoms with Gasteiger partial charge in [0.1, 0.15) is 5.75 Å². The molecule has 0 aliphatic heterocycles. The van der Waals surface area contributed by atoms with Gasteiger partial charge in [0.2, 0.25) is 0 Å². The van der Waals surface area contributed by atoms with Crippen molar-refractivity contribution >= 4 is 23.3 Å². The third-order valence-electron chi connectivity index (χ3n) is 2.66.